The van der Waals surface area contributed by atoms with Crippen molar-refractivity contribution in [1.82, 2.24) is 14.9 Å². The molecular formula is C14H24N4O. The number of likely N-dealkylation sites (N-methyl/N-ethyl adjacent to an activating group) is 1. The Kier molecular flexibility index (Phi) is 4.96. The van der Waals surface area contributed by atoms with Crippen molar-refractivity contribution in [2.75, 3.05) is 25.0 Å². The Hall–Kier alpha value is -1.36. The maximum atomic E-state index is 5.57. The van der Waals surface area contributed by atoms with E-state index in [2.05, 4.69) is 27.1 Å². The fourth-order valence-corrected chi connectivity index (χ4v) is 2.49. The van der Waals surface area contributed by atoms with Gasteiger partial charge in [0.1, 0.15) is 0 Å². The Morgan fingerprint density at radius 1 is 1.53 bits per heavy atom. The first-order valence-corrected chi connectivity index (χ1v) is 7.16. The molecule has 1 saturated heterocycles. The molecule has 0 amide bonds. The van der Waals surface area contributed by atoms with E-state index in [1.165, 1.54) is 19.4 Å². The summed E-state index contributed by atoms with van der Waals surface area (Å²) < 4.78 is 5.57. The summed E-state index contributed by atoms with van der Waals surface area (Å²) in [4.78, 5) is 11.1. The van der Waals surface area contributed by atoms with E-state index in [4.69, 9.17) is 4.74 Å². The molecule has 0 spiro atoms. The van der Waals surface area contributed by atoms with Crippen LogP contribution in [-0.4, -0.2) is 46.6 Å². The highest BCUT2D eigenvalue weighted by atomic mass is 16.5. The Labute approximate surface area is 115 Å². The van der Waals surface area contributed by atoms with Crippen LogP contribution < -0.4 is 10.1 Å². The summed E-state index contributed by atoms with van der Waals surface area (Å²) in [5, 5.41) is 3.32. The summed E-state index contributed by atoms with van der Waals surface area (Å²) in [6, 6.07) is 2.39. The third kappa shape index (κ3) is 4.06. The van der Waals surface area contributed by atoms with Gasteiger partial charge in [0.25, 0.3) is 0 Å². The SMILES string of the molecule is CCN1CCCC1CNc1nccc(OC(C)C)n1. The number of likely N-dealkylation sites (tertiary alicyclic amines) is 1. The monoisotopic (exact) mass is 264 g/mol. The van der Waals surface area contributed by atoms with E-state index in [9.17, 15) is 0 Å². The molecule has 2 heterocycles. The first-order valence-electron chi connectivity index (χ1n) is 7.16. The Balaban J connectivity index is 1.88. The smallest absolute Gasteiger partial charge is 0.225 e. The Morgan fingerprint density at radius 2 is 2.37 bits per heavy atom. The highest BCUT2D eigenvalue weighted by Crippen LogP contribution is 2.17. The number of anilines is 1. The van der Waals surface area contributed by atoms with Gasteiger partial charge in [0.05, 0.1) is 6.10 Å². The third-order valence-electron chi connectivity index (χ3n) is 3.39. The van der Waals surface area contributed by atoms with Crippen LogP contribution in [0.5, 0.6) is 5.88 Å². The summed E-state index contributed by atoms with van der Waals surface area (Å²) in [5.74, 6) is 1.28. The lowest BCUT2D eigenvalue weighted by atomic mass is 10.2. The van der Waals surface area contributed by atoms with Gasteiger partial charge in [-0.2, -0.15) is 4.98 Å². The minimum Gasteiger partial charge on any atom is -0.475 e. The summed E-state index contributed by atoms with van der Waals surface area (Å²) in [7, 11) is 0. The zero-order chi connectivity index (χ0) is 13.7. The van der Waals surface area contributed by atoms with Gasteiger partial charge in [0.15, 0.2) is 0 Å². The van der Waals surface area contributed by atoms with Gasteiger partial charge in [-0.15, -0.1) is 0 Å². The molecule has 1 aromatic heterocycles. The van der Waals surface area contributed by atoms with Crippen LogP contribution >= 0.6 is 0 Å². The summed E-state index contributed by atoms with van der Waals surface area (Å²) in [6.45, 7) is 9.43. The minimum absolute atomic E-state index is 0.133. The molecule has 1 atom stereocenters. The molecule has 0 aliphatic carbocycles. The first kappa shape index (κ1) is 14.1. The van der Waals surface area contributed by atoms with Crippen molar-refractivity contribution in [2.45, 2.75) is 45.8 Å². The van der Waals surface area contributed by atoms with Crippen LogP contribution in [0.25, 0.3) is 0 Å². The molecule has 5 nitrogen and oxygen atoms in total. The predicted octanol–water partition coefficient (Wildman–Crippen LogP) is 2.16. The largest absolute Gasteiger partial charge is 0.475 e. The average molecular weight is 264 g/mol. The Bertz CT molecular complexity index is 397. The highest BCUT2D eigenvalue weighted by molar-refractivity contribution is 5.27. The second kappa shape index (κ2) is 6.70. The maximum Gasteiger partial charge on any atom is 0.225 e. The highest BCUT2D eigenvalue weighted by Gasteiger charge is 2.22. The summed E-state index contributed by atoms with van der Waals surface area (Å²) in [5.41, 5.74) is 0. The zero-order valence-electron chi connectivity index (χ0n) is 12.1. The molecular weight excluding hydrogens is 240 g/mol. The van der Waals surface area contributed by atoms with E-state index < -0.39 is 0 Å². The van der Waals surface area contributed by atoms with Gasteiger partial charge in [0, 0.05) is 24.8 Å². The number of hydrogen-bond acceptors (Lipinski definition) is 5. The number of ether oxygens (including phenoxy) is 1. The molecule has 5 heteroatoms. The van der Waals surface area contributed by atoms with E-state index >= 15 is 0 Å². The first-order chi connectivity index (χ1) is 9.19. The van der Waals surface area contributed by atoms with Gasteiger partial charge in [-0.25, -0.2) is 4.98 Å². The summed E-state index contributed by atoms with van der Waals surface area (Å²) >= 11 is 0. The van der Waals surface area contributed by atoms with Gasteiger partial charge < -0.3 is 10.1 Å². The topological polar surface area (TPSA) is 50.3 Å². The number of rotatable bonds is 6. The van der Waals surface area contributed by atoms with Crippen molar-refractivity contribution < 1.29 is 4.74 Å². The van der Waals surface area contributed by atoms with Gasteiger partial charge in [0.2, 0.25) is 11.8 Å². The molecule has 0 aromatic carbocycles. The standard InChI is InChI=1S/C14H24N4O/c1-4-18-9-5-6-12(18)10-16-14-15-8-7-13(17-14)19-11(2)3/h7-8,11-12H,4-6,9-10H2,1-3H3,(H,15,16,17). The van der Waals surface area contributed by atoms with Crippen LogP contribution in [0, 0.1) is 0 Å². The Morgan fingerprint density at radius 3 is 3.11 bits per heavy atom. The molecule has 1 unspecified atom stereocenters. The van der Waals surface area contributed by atoms with Crippen molar-refractivity contribution in [2.24, 2.45) is 0 Å². The predicted molar refractivity (Wildman–Crippen MR) is 76.6 cm³/mol. The van der Waals surface area contributed by atoms with Gasteiger partial charge in [-0.3, -0.25) is 4.90 Å². The normalized spacial score (nSPS) is 19.9. The minimum atomic E-state index is 0.133. The maximum absolute atomic E-state index is 5.57. The summed E-state index contributed by atoms with van der Waals surface area (Å²) in [6.07, 6.45) is 4.41. The molecule has 0 bridgehead atoms. The van der Waals surface area contributed by atoms with E-state index in [0.29, 0.717) is 17.9 Å². The molecule has 1 aliphatic heterocycles. The number of nitrogens with zero attached hydrogens (tertiary/aromatic N) is 3. The molecule has 0 saturated carbocycles. The molecule has 2 rings (SSSR count). The van der Waals surface area contributed by atoms with E-state index in [1.54, 1.807) is 12.3 Å². The van der Waals surface area contributed by atoms with Gasteiger partial charge >= 0.3 is 0 Å². The van der Waals surface area contributed by atoms with E-state index in [-0.39, 0.29) is 6.10 Å². The van der Waals surface area contributed by atoms with Crippen LogP contribution in [-0.2, 0) is 0 Å². The zero-order valence-corrected chi connectivity index (χ0v) is 12.1. The molecule has 1 aromatic rings. The van der Waals surface area contributed by atoms with Crippen molar-refractivity contribution in [1.29, 1.82) is 0 Å². The lowest BCUT2D eigenvalue weighted by Crippen LogP contribution is -2.34. The molecule has 1 aliphatic rings. The molecule has 106 valence electrons. The van der Waals surface area contributed by atoms with Crippen LogP contribution in [0.4, 0.5) is 5.95 Å². The fourth-order valence-electron chi connectivity index (χ4n) is 2.49. The number of aromatic nitrogens is 2. The van der Waals surface area contributed by atoms with Crippen LogP contribution in [0.15, 0.2) is 12.3 Å². The second-order valence-electron chi connectivity index (χ2n) is 5.19. The molecule has 0 radical (unpaired) electrons. The van der Waals surface area contributed by atoms with Crippen LogP contribution in [0.1, 0.15) is 33.6 Å². The molecule has 1 N–H and O–H groups in total. The average Bonchev–Trinajstić information content (AvgIpc) is 2.83. The van der Waals surface area contributed by atoms with Crippen LogP contribution in [0.2, 0.25) is 0 Å². The van der Waals surface area contributed by atoms with Gasteiger partial charge in [-0.05, 0) is 39.8 Å². The molecule has 19 heavy (non-hydrogen) atoms. The lowest BCUT2D eigenvalue weighted by Gasteiger charge is -2.22. The number of nitrogens with one attached hydrogen (secondary N) is 1. The van der Waals surface area contributed by atoms with Crippen molar-refractivity contribution in [3.8, 4) is 5.88 Å². The van der Waals surface area contributed by atoms with Crippen molar-refractivity contribution in [3.63, 3.8) is 0 Å². The second-order valence-corrected chi connectivity index (χ2v) is 5.19. The van der Waals surface area contributed by atoms with Gasteiger partial charge in [-0.1, -0.05) is 6.92 Å². The van der Waals surface area contributed by atoms with E-state index in [0.717, 1.165) is 13.1 Å². The number of hydrogen-bond donors (Lipinski definition) is 1. The lowest BCUT2D eigenvalue weighted by molar-refractivity contribution is 0.232. The van der Waals surface area contributed by atoms with Crippen molar-refractivity contribution in [3.05, 3.63) is 12.3 Å². The quantitative estimate of drug-likeness (QED) is 0.853. The molecule has 1 fully saturated rings. The third-order valence-corrected chi connectivity index (χ3v) is 3.39. The van der Waals surface area contributed by atoms with E-state index in [1.807, 2.05) is 13.8 Å². The fraction of sp³-hybridized carbons (Fsp3) is 0.714. The van der Waals surface area contributed by atoms with Crippen LogP contribution in [0.3, 0.4) is 0 Å². The van der Waals surface area contributed by atoms with Crippen molar-refractivity contribution >= 4 is 5.95 Å².